The summed E-state index contributed by atoms with van der Waals surface area (Å²) in [5.74, 6) is -1.34. The fourth-order valence-corrected chi connectivity index (χ4v) is 5.25. The van der Waals surface area contributed by atoms with E-state index in [1.54, 1.807) is 30.3 Å². The fraction of sp³-hybridized carbons (Fsp3) is 0.208. The molecule has 0 saturated carbocycles. The summed E-state index contributed by atoms with van der Waals surface area (Å²) in [6.45, 7) is 0.310. The largest absolute Gasteiger partial charge is 0.439 e. The van der Waals surface area contributed by atoms with Gasteiger partial charge in [-0.3, -0.25) is 9.59 Å². The maximum atomic E-state index is 13.2. The summed E-state index contributed by atoms with van der Waals surface area (Å²) < 4.78 is 45.8. The molecule has 3 N–H and O–H groups in total. The minimum atomic E-state index is -3.83. The number of nitrogens with one attached hydrogen (secondary N) is 1. The van der Waals surface area contributed by atoms with Gasteiger partial charge in [0, 0.05) is 24.7 Å². The number of nitrogens with two attached hydrogens (primary N) is 1. The Morgan fingerprint density at radius 2 is 1.89 bits per heavy atom. The van der Waals surface area contributed by atoms with Crippen molar-refractivity contribution in [2.75, 3.05) is 18.4 Å². The lowest BCUT2D eigenvalue weighted by atomic mass is 9.99. The monoisotopic (exact) mass is 498 g/mol. The maximum absolute atomic E-state index is 13.2. The minimum Gasteiger partial charge on any atom is -0.439 e. The van der Waals surface area contributed by atoms with Crippen LogP contribution in [0.15, 0.2) is 71.8 Å². The molecule has 2 heterocycles. The van der Waals surface area contributed by atoms with E-state index >= 15 is 0 Å². The standard InChI is InChI=1S/C24H23FN4O5S/c25-18-6-9-21(10-7-18)35(32,33)29-12-2-4-17(15-29)24(31)28-19-8-11-22(27-14-19)34-20-5-1-3-16(13-20)23(26)30/h1,3,5-11,13-14,17H,2,4,12,15H2,(H2,26,30)(H,28,31). The summed E-state index contributed by atoms with van der Waals surface area (Å²) in [7, 11) is -3.83. The second kappa shape index (κ2) is 10.2. The highest BCUT2D eigenvalue weighted by Gasteiger charge is 2.33. The summed E-state index contributed by atoms with van der Waals surface area (Å²) in [5, 5.41) is 2.76. The number of piperidine rings is 1. The van der Waals surface area contributed by atoms with Gasteiger partial charge in [0.15, 0.2) is 0 Å². The van der Waals surface area contributed by atoms with Crippen molar-refractivity contribution in [2.45, 2.75) is 17.7 Å². The minimum absolute atomic E-state index is 0.0129. The van der Waals surface area contributed by atoms with Crippen LogP contribution in [0.3, 0.4) is 0 Å². The number of hydrogen-bond donors (Lipinski definition) is 2. The smallest absolute Gasteiger partial charge is 0.248 e. The van der Waals surface area contributed by atoms with Crippen molar-refractivity contribution < 1.29 is 27.1 Å². The Hall–Kier alpha value is -3.83. The number of pyridine rings is 1. The molecule has 1 aliphatic rings. The molecule has 182 valence electrons. The van der Waals surface area contributed by atoms with E-state index in [2.05, 4.69) is 10.3 Å². The lowest BCUT2D eigenvalue weighted by Gasteiger charge is -2.31. The second-order valence-electron chi connectivity index (χ2n) is 8.02. The van der Waals surface area contributed by atoms with Crippen molar-refractivity contribution in [3.8, 4) is 11.6 Å². The molecule has 2 aromatic carbocycles. The number of aromatic nitrogens is 1. The third-order valence-electron chi connectivity index (χ3n) is 5.55. The highest BCUT2D eigenvalue weighted by Crippen LogP contribution is 2.26. The predicted molar refractivity (Wildman–Crippen MR) is 126 cm³/mol. The first-order valence-electron chi connectivity index (χ1n) is 10.8. The number of carbonyl (C=O) groups is 2. The third kappa shape index (κ3) is 5.81. The maximum Gasteiger partial charge on any atom is 0.248 e. The molecule has 11 heteroatoms. The van der Waals surface area contributed by atoms with Gasteiger partial charge in [0.2, 0.25) is 27.7 Å². The number of hydrogen-bond acceptors (Lipinski definition) is 6. The van der Waals surface area contributed by atoms with E-state index in [-0.39, 0.29) is 29.8 Å². The van der Waals surface area contributed by atoms with Gasteiger partial charge in [0.1, 0.15) is 11.6 Å². The molecule has 1 atom stereocenters. The van der Waals surface area contributed by atoms with Crippen molar-refractivity contribution in [1.29, 1.82) is 0 Å². The van der Waals surface area contributed by atoms with E-state index in [4.69, 9.17) is 10.5 Å². The highest BCUT2D eigenvalue weighted by molar-refractivity contribution is 7.89. The average Bonchev–Trinajstić information content (AvgIpc) is 2.86. The first-order chi connectivity index (χ1) is 16.7. The lowest BCUT2D eigenvalue weighted by Crippen LogP contribution is -2.43. The molecule has 35 heavy (non-hydrogen) atoms. The molecule has 1 fully saturated rings. The van der Waals surface area contributed by atoms with Crippen LogP contribution in [0.1, 0.15) is 23.2 Å². The molecule has 1 aromatic heterocycles. The molecule has 0 radical (unpaired) electrons. The number of benzene rings is 2. The summed E-state index contributed by atoms with van der Waals surface area (Å²) in [6, 6.07) is 14.1. The van der Waals surface area contributed by atoms with Crippen LogP contribution >= 0.6 is 0 Å². The predicted octanol–water partition coefficient (Wildman–Crippen LogP) is 3.15. The molecule has 0 spiro atoms. The van der Waals surface area contributed by atoms with Crippen LogP contribution in [0.5, 0.6) is 11.6 Å². The Morgan fingerprint density at radius 3 is 2.57 bits per heavy atom. The Bertz CT molecular complexity index is 1330. The van der Waals surface area contributed by atoms with Crippen LogP contribution < -0.4 is 15.8 Å². The first kappa shape index (κ1) is 24.3. The number of primary amides is 1. The molecule has 3 aromatic rings. The van der Waals surface area contributed by atoms with Crippen LogP contribution in [0.4, 0.5) is 10.1 Å². The second-order valence-corrected chi connectivity index (χ2v) is 9.96. The van der Waals surface area contributed by atoms with Gasteiger partial charge < -0.3 is 15.8 Å². The van der Waals surface area contributed by atoms with E-state index in [0.29, 0.717) is 29.8 Å². The van der Waals surface area contributed by atoms with Crippen LogP contribution in [-0.2, 0) is 14.8 Å². The van der Waals surface area contributed by atoms with Crippen LogP contribution in [-0.4, -0.2) is 42.6 Å². The molecule has 1 aliphatic heterocycles. The first-order valence-corrected chi connectivity index (χ1v) is 12.3. The number of anilines is 1. The van der Waals surface area contributed by atoms with Gasteiger partial charge in [-0.1, -0.05) is 6.07 Å². The Morgan fingerprint density at radius 1 is 1.11 bits per heavy atom. The number of ether oxygens (including phenoxy) is 1. The van der Waals surface area contributed by atoms with Gasteiger partial charge in [-0.15, -0.1) is 0 Å². The van der Waals surface area contributed by atoms with Crippen LogP contribution in [0.2, 0.25) is 0 Å². The van der Waals surface area contributed by atoms with Crippen molar-refractivity contribution in [2.24, 2.45) is 11.7 Å². The summed E-state index contributed by atoms with van der Waals surface area (Å²) >= 11 is 0. The molecule has 0 aliphatic carbocycles. The fourth-order valence-electron chi connectivity index (χ4n) is 3.72. The molecular formula is C24H23FN4O5S. The SMILES string of the molecule is NC(=O)c1cccc(Oc2ccc(NC(=O)C3CCCN(S(=O)(=O)c4ccc(F)cc4)C3)cn2)c1. The van der Waals surface area contributed by atoms with Crippen LogP contribution in [0, 0.1) is 11.7 Å². The van der Waals surface area contributed by atoms with E-state index < -0.39 is 27.7 Å². The number of halogens is 1. The van der Waals surface area contributed by atoms with E-state index in [9.17, 15) is 22.4 Å². The number of sulfonamides is 1. The third-order valence-corrected chi connectivity index (χ3v) is 7.43. The summed E-state index contributed by atoms with van der Waals surface area (Å²) in [6.07, 6.45) is 2.47. The zero-order valence-electron chi connectivity index (χ0n) is 18.6. The zero-order valence-corrected chi connectivity index (χ0v) is 19.4. The number of rotatable bonds is 7. The van der Waals surface area contributed by atoms with Crippen LogP contribution in [0.25, 0.3) is 0 Å². The Kier molecular flexibility index (Phi) is 7.08. The summed E-state index contributed by atoms with van der Waals surface area (Å²) in [4.78, 5) is 28.3. The van der Waals surface area contributed by atoms with Crippen molar-refractivity contribution >= 4 is 27.5 Å². The van der Waals surface area contributed by atoms with E-state index in [1.807, 2.05) is 0 Å². The van der Waals surface area contributed by atoms with Gasteiger partial charge in [-0.25, -0.2) is 17.8 Å². The Balaban J connectivity index is 1.38. The molecule has 0 bridgehead atoms. The average molecular weight is 499 g/mol. The normalized spacial score (nSPS) is 16.4. The molecule has 1 unspecified atom stereocenters. The molecular weight excluding hydrogens is 475 g/mol. The molecule has 9 nitrogen and oxygen atoms in total. The molecule has 4 rings (SSSR count). The van der Waals surface area contributed by atoms with Crippen molar-refractivity contribution in [1.82, 2.24) is 9.29 Å². The highest BCUT2D eigenvalue weighted by atomic mass is 32.2. The van der Waals surface area contributed by atoms with Gasteiger partial charge in [0.25, 0.3) is 0 Å². The summed E-state index contributed by atoms with van der Waals surface area (Å²) in [5.41, 5.74) is 5.99. The quantitative estimate of drug-likeness (QED) is 0.514. The van der Waals surface area contributed by atoms with Gasteiger partial charge >= 0.3 is 0 Å². The molecule has 1 saturated heterocycles. The zero-order chi connectivity index (χ0) is 25.0. The van der Waals surface area contributed by atoms with Gasteiger partial charge in [-0.05, 0) is 61.4 Å². The lowest BCUT2D eigenvalue weighted by molar-refractivity contribution is -0.120. The number of nitrogens with zero attached hydrogens (tertiary/aromatic N) is 2. The van der Waals surface area contributed by atoms with E-state index in [1.165, 1.54) is 28.7 Å². The van der Waals surface area contributed by atoms with E-state index in [0.717, 1.165) is 12.1 Å². The van der Waals surface area contributed by atoms with Gasteiger partial charge in [0.05, 0.1) is 22.7 Å². The van der Waals surface area contributed by atoms with Gasteiger partial charge in [-0.2, -0.15) is 4.31 Å². The number of carbonyl (C=O) groups excluding carboxylic acids is 2. The topological polar surface area (TPSA) is 132 Å². The number of amides is 2. The van der Waals surface area contributed by atoms with Crippen molar-refractivity contribution in [3.05, 3.63) is 78.2 Å². The Labute approximate surface area is 201 Å². The molecule has 2 amide bonds. The van der Waals surface area contributed by atoms with Crippen molar-refractivity contribution in [3.63, 3.8) is 0 Å².